The van der Waals surface area contributed by atoms with Crippen LogP contribution in [0.4, 0.5) is 9.18 Å². The largest absolute Gasteiger partial charge is 0.464 e. The van der Waals surface area contributed by atoms with Gasteiger partial charge in [0, 0.05) is 43.0 Å². The van der Waals surface area contributed by atoms with E-state index in [1.807, 2.05) is 45.0 Å². The van der Waals surface area contributed by atoms with Crippen LogP contribution in [0.15, 0.2) is 34.9 Å². The van der Waals surface area contributed by atoms with Crippen molar-refractivity contribution in [2.75, 3.05) is 19.6 Å². The fraction of sp³-hybridized carbons (Fsp3) is 0.571. The van der Waals surface area contributed by atoms with Gasteiger partial charge in [0.15, 0.2) is 0 Å². The normalized spacial score (nSPS) is 17.8. The molecule has 1 N–H and O–H groups in total. The van der Waals surface area contributed by atoms with Gasteiger partial charge < -0.3 is 19.4 Å². The fourth-order valence-electron chi connectivity index (χ4n) is 3.51. The maximum absolute atomic E-state index is 14.6. The van der Waals surface area contributed by atoms with E-state index in [1.54, 1.807) is 6.26 Å². The molecule has 2 aromatic rings. The number of carbonyl (C=O) groups excluding carboxylic acids is 1. The van der Waals surface area contributed by atoms with E-state index in [0.29, 0.717) is 13.0 Å². The topological polar surface area (TPSA) is 54.7 Å². The van der Waals surface area contributed by atoms with E-state index in [2.05, 4.69) is 10.2 Å². The van der Waals surface area contributed by atoms with Gasteiger partial charge in [0.05, 0.1) is 6.26 Å². The summed E-state index contributed by atoms with van der Waals surface area (Å²) in [6.07, 6.45) is 2.31. The molecule has 1 aliphatic heterocycles. The number of rotatable bonds is 5. The Morgan fingerprint density at radius 2 is 2.04 bits per heavy atom. The van der Waals surface area contributed by atoms with Crippen LogP contribution in [0.3, 0.4) is 0 Å². The Balaban J connectivity index is 1.43. The molecule has 27 heavy (non-hydrogen) atoms. The van der Waals surface area contributed by atoms with Crippen LogP contribution >= 0.6 is 0 Å². The number of para-hydroxylation sites is 1. The Labute approximate surface area is 159 Å². The van der Waals surface area contributed by atoms with Crippen LogP contribution in [0.1, 0.15) is 39.2 Å². The van der Waals surface area contributed by atoms with Crippen LogP contribution in [-0.2, 0) is 11.2 Å². The first-order valence-electron chi connectivity index (χ1n) is 9.61. The van der Waals surface area contributed by atoms with Gasteiger partial charge in [0.2, 0.25) is 0 Å². The van der Waals surface area contributed by atoms with Crippen molar-refractivity contribution in [3.05, 3.63) is 36.1 Å². The third-order valence-corrected chi connectivity index (χ3v) is 4.77. The molecular formula is C21H29FN2O3. The third kappa shape index (κ3) is 5.70. The van der Waals surface area contributed by atoms with Gasteiger partial charge in [-0.25, -0.2) is 9.18 Å². The third-order valence-electron chi connectivity index (χ3n) is 4.77. The van der Waals surface area contributed by atoms with E-state index in [-0.39, 0.29) is 12.1 Å². The number of nitrogens with zero attached hydrogens (tertiary/aromatic N) is 1. The highest BCUT2D eigenvalue weighted by Crippen LogP contribution is 2.23. The summed E-state index contributed by atoms with van der Waals surface area (Å²) in [5.41, 5.74) is 1.22. The summed E-state index contributed by atoms with van der Waals surface area (Å²) >= 11 is 0. The van der Waals surface area contributed by atoms with Crippen molar-refractivity contribution in [1.29, 1.82) is 0 Å². The van der Waals surface area contributed by atoms with E-state index >= 15 is 0 Å². The lowest BCUT2D eigenvalue weighted by molar-refractivity contribution is 0.0473. The fourth-order valence-corrected chi connectivity index (χ4v) is 3.51. The molecule has 0 saturated carbocycles. The van der Waals surface area contributed by atoms with Gasteiger partial charge >= 0.3 is 6.09 Å². The van der Waals surface area contributed by atoms with E-state index < -0.39 is 11.8 Å². The van der Waals surface area contributed by atoms with Crippen molar-refractivity contribution in [3.8, 4) is 0 Å². The van der Waals surface area contributed by atoms with Gasteiger partial charge in [0.25, 0.3) is 0 Å². The minimum Gasteiger partial charge on any atom is -0.464 e. The Morgan fingerprint density at radius 1 is 1.33 bits per heavy atom. The van der Waals surface area contributed by atoms with Gasteiger partial charge in [-0.05, 0) is 39.7 Å². The molecule has 2 heterocycles. The van der Waals surface area contributed by atoms with E-state index in [4.69, 9.17) is 9.15 Å². The summed E-state index contributed by atoms with van der Waals surface area (Å²) in [7, 11) is 0. The molecule has 1 aromatic heterocycles. The standard InChI is InChI=1S/C21H29FN2O3/c1-21(2,3)27-20(25)23-17-8-10-24(11-9-17)13-16(22)12-15-14-26-19-7-5-4-6-18(15)19/h4-7,14,16-17H,8-13H2,1-3H3,(H,23,25). The maximum atomic E-state index is 14.6. The minimum absolute atomic E-state index is 0.0898. The Bertz CT molecular complexity index is 760. The second kappa shape index (κ2) is 8.30. The molecule has 1 amide bonds. The molecule has 1 saturated heterocycles. The van der Waals surface area contributed by atoms with Crippen molar-refractivity contribution in [1.82, 2.24) is 10.2 Å². The summed E-state index contributed by atoms with van der Waals surface area (Å²) in [6, 6.07) is 7.81. The number of hydrogen-bond acceptors (Lipinski definition) is 4. The maximum Gasteiger partial charge on any atom is 0.407 e. The average Bonchev–Trinajstić information content (AvgIpc) is 2.98. The molecule has 1 fully saturated rings. The number of hydrogen-bond donors (Lipinski definition) is 1. The van der Waals surface area contributed by atoms with Gasteiger partial charge in [-0.3, -0.25) is 0 Å². The summed E-state index contributed by atoms with van der Waals surface area (Å²) in [5.74, 6) is 0. The van der Waals surface area contributed by atoms with E-state index in [0.717, 1.165) is 42.5 Å². The Hall–Kier alpha value is -2.08. The number of alkyl carbamates (subject to hydrolysis) is 1. The molecule has 0 spiro atoms. The second-order valence-corrected chi connectivity index (χ2v) is 8.28. The lowest BCUT2D eigenvalue weighted by Gasteiger charge is -2.33. The number of piperidine rings is 1. The number of furan rings is 1. The Morgan fingerprint density at radius 3 is 2.74 bits per heavy atom. The van der Waals surface area contributed by atoms with Gasteiger partial charge in [0.1, 0.15) is 17.4 Å². The number of carbonyl (C=O) groups is 1. The number of ether oxygens (including phenoxy) is 1. The lowest BCUT2D eigenvalue weighted by atomic mass is 10.0. The minimum atomic E-state index is -0.943. The number of nitrogens with one attached hydrogen (secondary N) is 1. The smallest absolute Gasteiger partial charge is 0.407 e. The molecule has 1 unspecified atom stereocenters. The predicted octanol–water partition coefficient (Wildman–Crippen LogP) is 4.30. The molecule has 0 bridgehead atoms. The molecular weight excluding hydrogens is 347 g/mol. The second-order valence-electron chi connectivity index (χ2n) is 8.28. The highest BCUT2D eigenvalue weighted by Gasteiger charge is 2.25. The van der Waals surface area contributed by atoms with Crippen LogP contribution < -0.4 is 5.32 Å². The van der Waals surface area contributed by atoms with Crippen LogP contribution in [0.5, 0.6) is 0 Å². The first kappa shape index (κ1) is 19.7. The van der Waals surface area contributed by atoms with Crippen molar-refractivity contribution in [2.24, 2.45) is 0 Å². The number of halogens is 1. The Kier molecular flexibility index (Phi) is 6.05. The first-order chi connectivity index (χ1) is 12.8. The summed E-state index contributed by atoms with van der Waals surface area (Å²) < 4.78 is 25.4. The number of alkyl halides is 1. The van der Waals surface area contributed by atoms with E-state index in [9.17, 15) is 9.18 Å². The number of fused-ring (bicyclic) bond motifs is 1. The predicted molar refractivity (Wildman–Crippen MR) is 104 cm³/mol. The molecule has 1 aromatic carbocycles. The van der Waals surface area contributed by atoms with Crippen molar-refractivity contribution >= 4 is 17.1 Å². The zero-order chi connectivity index (χ0) is 19.4. The quantitative estimate of drug-likeness (QED) is 0.845. The van der Waals surface area contributed by atoms with Crippen molar-refractivity contribution < 1.29 is 18.3 Å². The van der Waals surface area contributed by atoms with Crippen LogP contribution in [-0.4, -0.2) is 48.4 Å². The summed E-state index contributed by atoms with van der Waals surface area (Å²) in [6.45, 7) is 7.48. The molecule has 5 nitrogen and oxygen atoms in total. The summed E-state index contributed by atoms with van der Waals surface area (Å²) in [4.78, 5) is 14.0. The number of likely N-dealkylation sites (tertiary alicyclic amines) is 1. The zero-order valence-electron chi connectivity index (χ0n) is 16.3. The molecule has 6 heteroatoms. The SMILES string of the molecule is CC(C)(C)OC(=O)NC1CCN(CC(F)Cc2coc3ccccc23)CC1. The molecule has 0 aliphatic carbocycles. The first-order valence-corrected chi connectivity index (χ1v) is 9.61. The van der Waals surface area contributed by atoms with Crippen LogP contribution in [0.25, 0.3) is 11.0 Å². The van der Waals surface area contributed by atoms with Gasteiger partial charge in [-0.2, -0.15) is 0 Å². The molecule has 1 atom stereocenters. The van der Waals surface area contributed by atoms with Crippen LogP contribution in [0, 0.1) is 0 Å². The highest BCUT2D eigenvalue weighted by molar-refractivity contribution is 5.80. The highest BCUT2D eigenvalue weighted by atomic mass is 19.1. The number of amides is 1. The lowest BCUT2D eigenvalue weighted by Crippen LogP contribution is -2.47. The van der Waals surface area contributed by atoms with Crippen LogP contribution in [0.2, 0.25) is 0 Å². The monoisotopic (exact) mass is 376 g/mol. The van der Waals surface area contributed by atoms with E-state index in [1.165, 1.54) is 0 Å². The van der Waals surface area contributed by atoms with Crippen molar-refractivity contribution in [3.63, 3.8) is 0 Å². The van der Waals surface area contributed by atoms with Crippen molar-refractivity contribution in [2.45, 2.75) is 57.8 Å². The average molecular weight is 376 g/mol. The van der Waals surface area contributed by atoms with Gasteiger partial charge in [-0.1, -0.05) is 18.2 Å². The molecule has 148 valence electrons. The molecule has 1 aliphatic rings. The molecule has 3 rings (SSSR count). The molecule has 0 radical (unpaired) electrons. The number of benzene rings is 1. The summed E-state index contributed by atoms with van der Waals surface area (Å²) in [5, 5.41) is 3.90. The zero-order valence-corrected chi connectivity index (χ0v) is 16.3. The van der Waals surface area contributed by atoms with Gasteiger partial charge in [-0.15, -0.1) is 0 Å².